The number of rotatable bonds is 4. The third kappa shape index (κ3) is 3.39. The molecule has 1 fully saturated rings. The quantitative estimate of drug-likeness (QED) is 0.881. The summed E-state index contributed by atoms with van der Waals surface area (Å²) >= 11 is 5.87. The Bertz CT molecular complexity index is 672. The summed E-state index contributed by atoms with van der Waals surface area (Å²) in [5, 5.41) is 3.66. The number of carbonyl (C=O) groups is 1. The van der Waals surface area contributed by atoms with Crippen molar-refractivity contribution in [1.29, 1.82) is 0 Å². The van der Waals surface area contributed by atoms with Gasteiger partial charge in [0, 0.05) is 25.0 Å². The van der Waals surface area contributed by atoms with E-state index >= 15 is 0 Å². The van der Waals surface area contributed by atoms with Crippen LogP contribution >= 0.6 is 11.6 Å². The Morgan fingerprint density at radius 3 is 2.82 bits per heavy atom. The highest BCUT2D eigenvalue weighted by atomic mass is 35.5. The van der Waals surface area contributed by atoms with E-state index in [2.05, 4.69) is 41.5 Å². The smallest absolute Gasteiger partial charge is 0.245 e. The summed E-state index contributed by atoms with van der Waals surface area (Å²) in [7, 11) is 0. The number of pyridine rings is 1. The lowest BCUT2D eigenvalue weighted by molar-refractivity contribution is -0.128. The van der Waals surface area contributed by atoms with E-state index < -0.39 is 0 Å². The molecule has 1 aliphatic heterocycles. The second-order valence-electron chi connectivity index (χ2n) is 5.60. The number of amides is 1. The van der Waals surface area contributed by atoms with Crippen LogP contribution in [-0.2, 0) is 11.3 Å². The maximum Gasteiger partial charge on any atom is 0.245 e. The first-order valence-corrected chi connectivity index (χ1v) is 7.72. The van der Waals surface area contributed by atoms with Crippen molar-refractivity contribution in [3.05, 3.63) is 58.9 Å². The second kappa shape index (κ2) is 6.36. The van der Waals surface area contributed by atoms with Gasteiger partial charge in [0.05, 0.1) is 0 Å². The molecule has 0 spiro atoms. The highest BCUT2D eigenvalue weighted by Crippen LogP contribution is 2.20. The molecule has 3 rings (SSSR count). The van der Waals surface area contributed by atoms with Gasteiger partial charge in [0.25, 0.3) is 0 Å². The van der Waals surface area contributed by atoms with Crippen molar-refractivity contribution in [2.75, 3.05) is 11.9 Å². The molecule has 114 valence electrons. The van der Waals surface area contributed by atoms with Gasteiger partial charge in [0.2, 0.25) is 5.91 Å². The molecule has 0 aliphatic carbocycles. The topological polar surface area (TPSA) is 45.2 Å². The second-order valence-corrected chi connectivity index (χ2v) is 5.99. The molecule has 2 heterocycles. The lowest BCUT2D eigenvalue weighted by Crippen LogP contribution is -2.33. The van der Waals surface area contributed by atoms with Crippen molar-refractivity contribution in [3.63, 3.8) is 0 Å². The molecular formula is C17H18ClN3O. The molecule has 5 heteroatoms. The van der Waals surface area contributed by atoms with Crippen LogP contribution in [0.25, 0.3) is 0 Å². The summed E-state index contributed by atoms with van der Waals surface area (Å²) in [6.07, 6.45) is 2.43. The van der Waals surface area contributed by atoms with Crippen LogP contribution in [0.1, 0.15) is 17.5 Å². The summed E-state index contributed by atoms with van der Waals surface area (Å²) < 4.78 is 0. The number of likely N-dealkylation sites (tertiary alicyclic amines) is 1. The number of carbonyl (C=O) groups excluding carboxylic acids is 1. The molecule has 0 saturated carbocycles. The first-order valence-electron chi connectivity index (χ1n) is 7.34. The van der Waals surface area contributed by atoms with Crippen molar-refractivity contribution >= 4 is 23.2 Å². The zero-order chi connectivity index (χ0) is 15.5. The summed E-state index contributed by atoms with van der Waals surface area (Å²) in [4.78, 5) is 18.3. The molecular weight excluding hydrogens is 298 g/mol. The molecule has 0 radical (unpaired) electrons. The van der Waals surface area contributed by atoms with Gasteiger partial charge in [-0.3, -0.25) is 4.79 Å². The van der Waals surface area contributed by atoms with Gasteiger partial charge in [-0.05, 0) is 31.0 Å². The molecule has 0 bridgehead atoms. The Morgan fingerprint density at radius 2 is 2.09 bits per heavy atom. The maximum atomic E-state index is 12.5. The van der Waals surface area contributed by atoms with Crippen LogP contribution in [0.2, 0.25) is 5.15 Å². The highest BCUT2D eigenvalue weighted by molar-refractivity contribution is 6.29. The predicted molar refractivity (Wildman–Crippen MR) is 87.9 cm³/mol. The molecule has 1 unspecified atom stereocenters. The van der Waals surface area contributed by atoms with E-state index in [1.54, 1.807) is 12.3 Å². The van der Waals surface area contributed by atoms with E-state index in [4.69, 9.17) is 11.6 Å². The average molecular weight is 316 g/mol. The van der Waals surface area contributed by atoms with E-state index in [0.29, 0.717) is 11.7 Å². The Morgan fingerprint density at radius 1 is 1.32 bits per heavy atom. The molecule has 1 amide bonds. The van der Waals surface area contributed by atoms with Gasteiger partial charge in [-0.15, -0.1) is 0 Å². The number of nitrogens with zero attached hydrogens (tertiary/aromatic N) is 2. The zero-order valence-electron chi connectivity index (χ0n) is 12.4. The van der Waals surface area contributed by atoms with Crippen LogP contribution in [0, 0.1) is 6.92 Å². The molecule has 4 nitrogen and oxygen atoms in total. The number of aryl methyl sites for hydroxylation is 1. The number of anilines is 1. The highest BCUT2D eigenvalue weighted by Gasteiger charge is 2.31. The number of benzene rings is 1. The predicted octanol–water partition coefficient (Wildman–Crippen LogP) is 3.26. The Labute approximate surface area is 135 Å². The van der Waals surface area contributed by atoms with Crippen molar-refractivity contribution in [2.45, 2.75) is 25.9 Å². The molecule has 1 aliphatic rings. The third-order valence-corrected chi connectivity index (χ3v) is 4.07. The SMILES string of the molecule is Cc1ccc(CN2CCC(Nc3ccnc(Cl)c3)C2=O)cc1. The Kier molecular flexibility index (Phi) is 4.29. The summed E-state index contributed by atoms with van der Waals surface area (Å²) in [6, 6.07) is 11.7. The van der Waals surface area contributed by atoms with Gasteiger partial charge in [-0.1, -0.05) is 41.4 Å². The molecule has 1 atom stereocenters. The summed E-state index contributed by atoms with van der Waals surface area (Å²) in [5.74, 6) is 0.133. The van der Waals surface area contributed by atoms with E-state index in [1.165, 1.54) is 5.56 Å². The van der Waals surface area contributed by atoms with Gasteiger partial charge in [0.1, 0.15) is 11.2 Å². The third-order valence-electron chi connectivity index (χ3n) is 3.86. The first kappa shape index (κ1) is 14.9. The minimum Gasteiger partial charge on any atom is -0.373 e. The molecule has 1 aromatic carbocycles. The molecule has 1 N–H and O–H groups in total. The van der Waals surface area contributed by atoms with Gasteiger partial charge >= 0.3 is 0 Å². The average Bonchev–Trinajstić information content (AvgIpc) is 2.83. The largest absolute Gasteiger partial charge is 0.373 e. The van der Waals surface area contributed by atoms with Gasteiger partial charge in [-0.2, -0.15) is 0 Å². The van der Waals surface area contributed by atoms with Gasteiger partial charge in [0.15, 0.2) is 0 Å². The fourth-order valence-electron chi connectivity index (χ4n) is 2.64. The van der Waals surface area contributed by atoms with Crippen molar-refractivity contribution < 1.29 is 4.79 Å². The van der Waals surface area contributed by atoms with Crippen molar-refractivity contribution in [1.82, 2.24) is 9.88 Å². The first-order chi connectivity index (χ1) is 10.6. The monoisotopic (exact) mass is 315 g/mol. The number of hydrogen-bond donors (Lipinski definition) is 1. The van der Waals surface area contributed by atoms with Crippen molar-refractivity contribution in [3.8, 4) is 0 Å². The minimum absolute atomic E-state index is 0.133. The molecule has 22 heavy (non-hydrogen) atoms. The summed E-state index contributed by atoms with van der Waals surface area (Å²) in [6.45, 7) is 3.49. The number of halogens is 1. The van der Waals surface area contributed by atoms with Crippen molar-refractivity contribution in [2.24, 2.45) is 0 Å². The zero-order valence-corrected chi connectivity index (χ0v) is 13.2. The van der Waals surface area contributed by atoms with Crippen LogP contribution in [0.5, 0.6) is 0 Å². The lowest BCUT2D eigenvalue weighted by Gasteiger charge is -2.18. The van der Waals surface area contributed by atoms with Gasteiger partial charge in [-0.25, -0.2) is 4.98 Å². The Hall–Kier alpha value is -2.07. The number of nitrogens with one attached hydrogen (secondary N) is 1. The van der Waals surface area contributed by atoms with Crippen LogP contribution < -0.4 is 5.32 Å². The van der Waals surface area contributed by atoms with E-state index in [-0.39, 0.29) is 11.9 Å². The van der Waals surface area contributed by atoms with Crippen LogP contribution in [0.15, 0.2) is 42.6 Å². The molecule has 2 aromatic rings. The normalized spacial score (nSPS) is 17.8. The van der Waals surface area contributed by atoms with E-state index in [0.717, 1.165) is 24.2 Å². The van der Waals surface area contributed by atoms with Gasteiger partial charge < -0.3 is 10.2 Å². The fourth-order valence-corrected chi connectivity index (χ4v) is 2.81. The van der Waals surface area contributed by atoms with Crippen LogP contribution in [-0.4, -0.2) is 28.4 Å². The minimum atomic E-state index is -0.191. The van der Waals surface area contributed by atoms with Crippen LogP contribution in [0.4, 0.5) is 5.69 Å². The molecule has 1 aromatic heterocycles. The van der Waals surface area contributed by atoms with E-state index in [1.807, 2.05) is 11.0 Å². The number of hydrogen-bond acceptors (Lipinski definition) is 3. The maximum absolute atomic E-state index is 12.5. The fraction of sp³-hybridized carbons (Fsp3) is 0.294. The standard InChI is InChI=1S/C17H18ClN3O/c1-12-2-4-13(5-3-12)11-21-9-7-15(17(21)22)20-14-6-8-19-16(18)10-14/h2-6,8,10,15H,7,9,11H2,1H3,(H,19,20). The lowest BCUT2D eigenvalue weighted by atomic mass is 10.1. The van der Waals surface area contributed by atoms with Crippen LogP contribution in [0.3, 0.4) is 0 Å². The Balaban J connectivity index is 1.63. The number of aromatic nitrogens is 1. The summed E-state index contributed by atoms with van der Waals surface area (Å²) in [5.41, 5.74) is 3.22. The van der Waals surface area contributed by atoms with E-state index in [9.17, 15) is 4.79 Å². The molecule has 1 saturated heterocycles.